The number of halogens is 3. The lowest BCUT2D eigenvalue weighted by Gasteiger charge is -2.32. The number of nitrogens with two attached hydrogens (primary N) is 1. The number of aromatic nitrogens is 3. The van der Waals surface area contributed by atoms with Crippen LogP contribution in [0, 0.1) is 5.82 Å². The molecule has 0 aliphatic carbocycles. The maximum Gasteiger partial charge on any atom is 0.234 e. The Labute approximate surface area is 270 Å². The lowest BCUT2D eigenvalue weighted by atomic mass is 9.89. The second-order valence-electron chi connectivity index (χ2n) is 11.6. The number of carbonyl (C=O) groups is 2. The van der Waals surface area contributed by atoms with Crippen LogP contribution < -0.4 is 15.8 Å². The van der Waals surface area contributed by atoms with Gasteiger partial charge in [0.25, 0.3) is 0 Å². The summed E-state index contributed by atoms with van der Waals surface area (Å²) in [4.78, 5) is 30.6. The van der Waals surface area contributed by atoms with Crippen molar-refractivity contribution in [3.05, 3.63) is 93.6 Å². The van der Waals surface area contributed by atoms with Crippen molar-refractivity contribution in [3.63, 3.8) is 0 Å². The Balaban J connectivity index is 1.08. The highest BCUT2D eigenvalue weighted by Gasteiger charge is 2.28. The molecule has 6 rings (SSSR count). The summed E-state index contributed by atoms with van der Waals surface area (Å²) in [6, 6.07) is 12.8. The van der Waals surface area contributed by atoms with Crippen molar-refractivity contribution in [2.45, 2.75) is 57.2 Å². The molecule has 4 aromatic rings. The van der Waals surface area contributed by atoms with Crippen LogP contribution in [0.4, 0.5) is 10.2 Å². The van der Waals surface area contributed by atoms with E-state index in [9.17, 15) is 14.0 Å². The largest absolute Gasteiger partial charge is 0.482 e. The van der Waals surface area contributed by atoms with Crippen molar-refractivity contribution in [2.75, 3.05) is 18.8 Å². The van der Waals surface area contributed by atoms with Crippen LogP contribution in [-0.4, -0.2) is 44.6 Å². The molecule has 3 N–H and O–H groups in total. The molecule has 0 radical (unpaired) electrons. The van der Waals surface area contributed by atoms with Crippen LogP contribution in [0.15, 0.2) is 61.1 Å². The number of nitrogen functional groups attached to an aromatic ring is 1. The molecule has 9 nitrogen and oxygen atoms in total. The molecule has 2 aliphatic heterocycles. The molecule has 0 spiro atoms. The van der Waals surface area contributed by atoms with E-state index in [1.165, 1.54) is 12.1 Å². The van der Waals surface area contributed by atoms with Gasteiger partial charge >= 0.3 is 0 Å². The standard InChI is InChI=1S/C33H33Cl2FN6O3/c1-19(30-26(34)6-7-27(36)31(30)35)45-28-14-22(15-38-32(28)37)23-16-39-42(18-23)24-9-11-41(12-10-24)17-20-3-2-4-21(13-20)25-5-8-29(43)40-33(25)44/h2-4,6-7,13-16,18-19,24-25H,5,8-12,17H2,1H3,(H2,37,38)(H,40,43,44)/t19-,25?/m1/s1. The van der Waals surface area contributed by atoms with Crippen LogP contribution in [0.1, 0.15) is 67.4 Å². The Hall–Kier alpha value is -3.99. The van der Waals surface area contributed by atoms with E-state index in [0.717, 1.165) is 54.7 Å². The number of hydrogen-bond acceptors (Lipinski definition) is 7. The SMILES string of the molecule is C[C@@H](Oc1cc(-c2cnn(C3CCN(Cc4cccc(C5CCC(=O)NC5=O)c4)CC3)c2)cnc1N)c1c(Cl)ccc(F)c1Cl. The quantitative estimate of drug-likeness (QED) is 0.166. The topological polar surface area (TPSA) is 115 Å². The minimum atomic E-state index is -0.673. The fourth-order valence-corrected chi connectivity index (χ4v) is 6.76. The Bertz CT molecular complexity index is 1740. The molecule has 0 bridgehead atoms. The fourth-order valence-electron chi connectivity index (χ4n) is 6.08. The number of rotatable bonds is 8. The van der Waals surface area contributed by atoms with Gasteiger partial charge in [0.15, 0.2) is 11.6 Å². The number of hydrogen-bond donors (Lipinski definition) is 2. The van der Waals surface area contributed by atoms with E-state index in [-0.39, 0.29) is 34.6 Å². The minimum Gasteiger partial charge on any atom is -0.482 e. The van der Waals surface area contributed by atoms with Crippen LogP contribution in [0.25, 0.3) is 11.1 Å². The summed E-state index contributed by atoms with van der Waals surface area (Å²) in [5, 5.41) is 7.31. The van der Waals surface area contributed by atoms with E-state index in [1.54, 1.807) is 25.4 Å². The Morgan fingerprint density at radius 2 is 1.89 bits per heavy atom. The van der Waals surface area contributed by atoms with Crippen LogP contribution in [0.5, 0.6) is 5.75 Å². The molecule has 2 amide bonds. The number of piperidine rings is 2. The first-order valence-electron chi connectivity index (χ1n) is 14.9. The molecule has 45 heavy (non-hydrogen) atoms. The molecular weight excluding hydrogens is 618 g/mol. The molecule has 2 atom stereocenters. The van der Waals surface area contributed by atoms with Crippen molar-refractivity contribution in [3.8, 4) is 16.9 Å². The normalized spacial score (nSPS) is 18.5. The maximum atomic E-state index is 14.1. The summed E-state index contributed by atoms with van der Waals surface area (Å²) in [7, 11) is 0. The third-order valence-corrected chi connectivity index (χ3v) is 9.25. The maximum absolute atomic E-state index is 14.1. The van der Waals surface area contributed by atoms with Crippen molar-refractivity contribution in [1.29, 1.82) is 0 Å². The molecule has 12 heteroatoms. The number of anilines is 1. The van der Waals surface area contributed by atoms with Gasteiger partial charge in [-0.05, 0) is 55.5 Å². The van der Waals surface area contributed by atoms with Gasteiger partial charge < -0.3 is 10.5 Å². The molecule has 1 unspecified atom stereocenters. The highest BCUT2D eigenvalue weighted by Crippen LogP contribution is 2.37. The molecule has 2 aliphatic rings. The monoisotopic (exact) mass is 650 g/mol. The average molecular weight is 652 g/mol. The van der Waals surface area contributed by atoms with Crippen molar-refractivity contribution >= 4 is 40.8 Å². The number of ether oxygens (including phenoxy) is 1. The number of amides is 2. The number of nitrogens with one attached hydrogen (secondary N) is 1. The number of imide groups is 1. The highest BCUT2D eigenvalue weighted by atomic mass is 35.5. The lowest BCUT2D eigenvalue weighted by Crippen LogP contribution is -2.39. The van der Waals surface area contributed by atoms with E-state index in [2.05, 4.69) is 32.4 Å². The molecule has 234 valence electrons. The second-order valence-corrected chi connectivity index (χ2v) is 12.4. The summed E-state index contributed by atoms with van der Waals surface area (Å²) in [6.07, 6.45) is 7.59. The molecule has 2 saturated heterocycles. The first-order valence-corrected chi connectivity index (χ1v) is 15.7. The molecular formula is C33H33Cl2FN6O3. The van der Waals surface area contributed by atoms with Crippen LogP contribution >= 0.6 is 23.2 Å². The van der Waals surface area contributed by atoms with Gasteiger partial charge in [-0.1, -0.05) is 47.5 Å². The van der Waals surface area contributed by atoms with Gasteiger partial charge in [-0.3, -0.25) is 24.5 Å². The van der Waals surface area contributed by atoms with Gasteiger partial charge in [0.2, 0.25) is 11.8 Å². The highest BCUT2D eigenvalue weighted by molar-refractivity contribution is 6.36. The van der Waals surface area contributed by atoms with E-state index in [4.69, 9.17) is 33.7 Å². The molecule has 0 saturated carbocycles. The third kappa shape index (κ3) is 6.83. The van der Waals surface area contributed by atoms with Gasteiger partial charge in [0.05, 0.1) is 23.2 Å². The first-order chi connectivity index (χ1) is 21.7. The third-order valence-electron chi connectivity index (χ3n) is 8.54. The summed E-state index contributed by atoms with van der Waals surface area (Å²) < 4.78 is 22.1. The summed E-state index contributed by atoms with van der Waals surface area (Å²) in [5.74, 6) is -0.753. The zero-order chi connectivity index (χ0) is 31.7. The zero-order valence-electron chi connectivity index (χ0n) is 24.7. The predicted octanol–water partition coefficient (Wildman–Crippen LogP) is 6.47. The van der Waals surface area contributed by atoms with Crippen LogP contribution in [0.2, 0.25) is 10.0 Å². The first kappa shape index (κ1) is 31.0. The minimum absolute atomic E-state index is 0.0919. The molecule has 2 fully saturated rings. The van der Waals surface area contributed by atoms with Gasteiger partial charge in [0, 0.05) is 60.2 Å². The molecule has 4 heterocycles. The number of pyridine rings is 1. The van der Waals surface area contributed by atoms with Gasteiger partial charge in [-0.2, -0.15) is 5.10 Å². The summed E-state index contributed by atoms with van der Waals surface area (Å²) in [5.41, 5.74) is 10.2. The number of carbonyl (C=O) groups excluding carboxylic acids is 2. The van der Waals surface area contributed by atoms with E-state index < -0.39 is 11.9 Å². The zero-order valence-corrected chi connectivity index (χ0v) is 26.2. The average Bonchev–Trinajstić information content (AvgIpc) is 3.51. The second kappa shape index (κ2) is 13.2. The number of nitrogens with zero attached hydrogens (tertiary/aromatic N) is 4. The van der Waals surface area contributed by atoms with Crippen molar-refractivity contribution in [2.24, 2.45) is 0 Å². The Kier molecular flexibility index (Phi) is 9.07. The van der Waals surface area contributed by atoms with E-state index in [0.29, 0.717) is 29.2 Å². The van der Waals surface area contributed by atoms with E-state index in [1.807, 2.05) is 23.0 Å². The number of benzene rings is 2. The Morgan fingerprint density at radius 1 is 1.09 bits per heavy atom. The van der Waals surface area contributed by atoms with Crippen LogP contribution in [0.3, 0.4) is 0 Å². The summed E-state index contributed by atoms with van der Waals surface area (Å²) >= 11 is 12.5. The number of likely N-dealkylation sites (tertiary alicyclic amines) is 1. The Morgan fingerprint density at radius 3 is 2.67 bits per heavy atom. The van der Waals surface area contributed by atoms with E-state index >= 15 is 0 Å². The summed E-state index contributed by atoms with van der Waals surface area (Å²) in [6.45, 7) is 4.33. The lowest BCUT2D eigenvalue weighted by molar-refractivity contribution is -0.134. The van der Waals surface area contributed by atoms with Gasteiger partial charge in [0.1, 0.15) is 11.9 Å². The van der Waals surface area contributed by atoms with Crippen LogP contribution in [-0.2, 0) is 16.1 Å². The van der Waals surface area contributed by atoms with Crippen molar-refractivity contribution in [1.82, 2.24) is 25.0 Å². The fraction of sp³-hybridized carbons (Fsp3) is 0.333. The van der Waals surface area contributed by atoms with Crippen molar-refractivity contribution < 1.29 is 18.7 Å². The molecule has 2 aromatic carbocycles. The van der Waals surface area contributed by atoms with Gasteiger partial charge in [-0.25, -0.2) is 9.37 Å². The smallest absolute Gasteiger partial charge is 0.234 e. The predicted molar refractivity (Wildman–Crippen MR) is 170 cm³/mol. The molecule has 2 aromatic heterocycles. The van der Waals surface area contributed by atoms with Gasteiger partial charge in [-0.15, -0.1) is 0 Å².